The van der Waals surface area contributed by atoms with Gasteiger partial charge in [0.15, 0.2) is 0 Å². The Morgan fingerprint density at radius 2 is 1.92 bits per heavy atom. The molecule has 0 radical (unpaired) electrons. The predicted molar refractivity (Wildman–Crippen MR) is 99.7 cm³/mol. The molecule has 0 aliphatic carbocycles. The van der Waals surface area contributed by atoms with Crippen molar-refractivity contribution in [3.63, 3.8) is 0 Å². The SMILES string of the molecule is O=C(O)Cc1csc(-c2ccc(COc3ccc(Cl)cc3Cl)cc2)n1. The first kappa shape index (κ1) is 17.7. The van der Waals surface area contributed by atoms with E-state index in [4.69, 9.17) is 33.0 Å². The van der Waals surface area contributed by atoms with E-state index in [1.54, 1.807) is 23.6 Å². The second-order valence-electron chi connectivity index (χ2n) is 5.27. The lowest BCUT2D eigenvalue weighted by Crippen LogP contribution is -1.99. The number of ether oxygens (including phenoxy) is 1. The summed E-state index contributed by atoms with van der Waals surface area (Å²) in [4.78, 5) is 15.1. The van der Waals surface area contributed by atoms with Gasteiger partial charge in [0.2, 0.25) is 0 Å². The lowest BCUT2D eigenvalue weighted by Gasteiger charge is -2.08. The fourth-order valence-corrected chi connectivity index (χ4v) is 3.46. The van der Waals surface area contributed by atoms with Crippen molar-refractivity contribution in [3.05, 3.63) is 69.1 Å². The van der Waals surface area contributed by atoms with Crippen molar-refractivity contribution in [2.45, 2.75) is 13.0 Å². The first-order chi connectivity index (χ1) is 12.0. The Balaban J connectivity index is 1.65. The van der Waals surface area contributed by atoms with Crippen LogP contribution < -0.4 is 4.74 Å². The lowest BCUT2D eigenvalue weighted by atomic mass is 10.1. The van der Waals surface area contributed by atoms with Gasteiger partial charge in [0.1, 0.15) is 17.4 Å². The minimum atomic E-state index is -0.884. The van der Waals surface area contributed by atoms with Crippen LogP contribution in [0.4, 0.5) is 0 Å². The van der Waals surface area contributed by atoms with Gasteiger partial charge in [-0.1, -0.05) is 47.5 Å². The van der Waals surface area contributed by atoms with E-state index in [0.29, 0.717) is 28.1 Å². The van der Waals surface area contributed by atoms with Crippen molar-refractivity contribution < 1.29 is 14.6 Å². The summed E-state index contributed by atoms with van der Waals surface area (Å²) in [6, 6.07) is 12.9. The molecule has 0 fully saturated rings. The Morgan fingerprint density at radius 1 is 1.16 bits per heavy atom. The van der Waals surface area contributed by atoms with E-state index in [2.05, 4.69) is 4.98 Å². The highest BCUT2D eigenvalue weighted by atomic mass is 35.5. The van der Waals surface area contributed by atoms with Crippen LogP contribution in [0.25, 0.3) is 10.6 Å². The molecule has 7 heteroatoms. The van der Waals surface area contributed by atoms with E-state index in [-0.39, 0.29) is 6.42 Å². The van der Waals surface area contributed by atoms with Crippen molar-refractivity contribution in [2.24, 2.45) is 0 Å². The molecule has 0 spiro atoms. The molecule has 128 valence electrons. The molecule has 0 unspecified atom stereocenters. The largest absolute Gasteiger partial charge is 0.487 e. The van der Waals surface area contributed by atoms with Crippen LogP contribution in [0.1, 0.15) is 11.3 Å². The molecular formula is C18H13Cl2NO3S. The third-order valence-electron chi connectivity index (χ3n) is 3.37. The van der Waals surface area contributed by atoms with Gasteiger partial charge in [-0.3, -0.25) is 4.79 Å². The zero-order chi connectivity index (χ0) is 17.8. The van der Waals surface area contributed by atoms with Gasteiger partial charge in [0.25, 0.3) is 0 Å². The number of aromatic nitrogens is 1. The Kier molecular flexibility index (Phi) is 5.58. The van der Waals surface area contributed by atoms with Gasteiger partial charge in [-0.05, 0) is 23.8 Å². The lowest BCUT2D eigenvalue weighted by molar-refractivity contribution is -0.136. The molecule has 0 aliphatic rings. The summed E-state index contributed by atoms with van der Waals surface area (Å²) in [6.07, 6.45) is -0.0652. The Labute approximate surface area is 158 Å². The van der Waals surface area contributed by atoms with Crippen LogP contribution in [0.2, 0.25) is 10.0 Å². The Bertz CT molecular complexity index is 894. The number of carboxylic acids is 1. The summed E-state index contributed by atoms with van der Waals surface area (Å²) in [6.45, 7) is 0.379. The zero-order valence-electron chi connectivity index (χ0n) is 12.9. The summed E-state index contributed by atoms with van der Waals surface area (Å²) < 4.78 is 5.70. The summed E-state index contributed by atoms with van der Waals surface area (Å²) in [5, 5.41) is 12.4. The van der Waals surface area contributed by atoms with E-state index in [1.807, 2.05) is 24.3 Å². The van der Waals surface area contributed by atoms with Crippen molar-refractivity contribution in [1.29, 1.82) is 0 Å². The van der Waals surface area contributed by atoms with Gasteiger partial charge >= 0.3 is 5.97 Å². The van der Waals surface area contributed by atoms with Gasteiger partial charge in [-0.25, -0.2) is 4.98 Å². The third kappa shape index (κ3) is 4.72. The van der Waals surface area contributed by atoms with Gasteiger partial charge in [-0.15, -0.1) is 11.3 Å². The number of halogens is 2. The summed E-state index contributed by atoms with van der Waals surface area (Å²) in [5.41, 5.74) is 2.49. The smallest absolute Gasteiger partial charge is 0.309 e. The zero-order valence-corrected chi connectivity index (χ0v) is 15.2. The highest BCUT2D eigenvalue weighted by Gasteiger charge is 2.08. The standard InChI is InChI=1S/C18H13Cl2NO3S/c19-13-5-6-16(15(20)7-13)24-9-11-1-3-12(4-2-11)18-21-14(10-25-18)8-17(22)23/h1-7,10H,8-9H2,(H,22,23). The molecule has 1 N–H and O–H groups in total. The van der Waals surface area contributed by atoms with Gasteiger partial charge < -0.3 is 9.84 Å². The molecule has 3 aromatic rings. The van der Waals surface area contributed by atoms with Crippen molar-refractivity contribution >= 4 is 40.5 Å². The maximum absolute atomic E-state index is 10.7. The molecule has 0 bridgehead atoms. The first-order valence-electron chi connectivity index (χ1n) is 7.34. The molecule has 1 heterocycles. The number of hydrogen-bond acceptors (Lipinski definition) is 4. The molecule has 0 aliphatic heterocycles. The molecule has 2 aromatic carbocycles. The number of carbonyl (C=O) groups is 1. The van der Waals surface area contributed by atoms with Crippen LogP contribution >= 0.6 is 34.5 Å². The number of thiazole rings is 1. The number of carboxylic acid groups (broad SMARTS) is 1. The highest BCUT2D eigenvalue weighted by molar-refractivity contribution is 7.13. The summed E-state index contributed by atoms with van der Waals surface area (Å²) >= 11 is 13.4. The van der Waals surface area contributed by atoms with Gasteiger partial charge in [-0.2, -0.15) is 0 Å². The quantitative estimate of drug-likeness (QED) is 0.615. The van der Waals surface area contributed by atoms with Crippen LogP contribution in [0, 0.1) is 0 Å². The molecule has 3 rings (SSSR count). The van der Waals surface area contributed by atoms with E-state index in [9.17, 15) is 4.79 Å². The van der Waals surface area contributed by atoms with Crippen LogP contribution in [0.5, 0.6) is 5.75 Å². The van der Waals surface area contributed by atoms with Crippen LogP contribution in [0.3, 0.4) is 0 Å². The summed E-state index contributed by atoms with van der Waals surface area (Å²) in [5.74, 6) is -0.307. The second kappa shape index (κ2) is 7.87. The maximum Gasteiger partial charge on any atom is 0.309 e. The van der Waals surface area contributed by atoms with Crippen molar-refractivity contribution in [1.82, 2.24) is 4.98 Å². The van der Waals surface area contributed by atoms with E-state index >= 15 is 0 Å². The molecule has 0 atom stereocenters. The predicted octanol–water partition coefficient (Wildman–Crippen LogP) is 5.32. The monoisotopic (exact) mass is 393 g/mol. The number of aliphatic carboxylic acids is 1. The van der Waals surface area contributed by atoms with Crippen molar-refractivity contribution in [3.8, 4) is 16.3 Å². The molecule has 4 nitrogen and oxygen atoms in total. The maximum atomic E-state index is 10.7. The topological polar surface area (TPSA) is 59.4 Å². The average Bonchev–Trinajstić information content (AvgIpc) is 3.02. The minimum absolute atomic E-state index is 0.0652. The van der Waals surface area contributed by atoms with Crippen molar-refractivity contribution in [2.75, 3.05) is 0 Å². The Hall–Kier alpha value is -2.08. The van der Waals surface area contributed by atoms with E-state index < -0.39 is 5.97 Å². The highest BCUT2D eigenvalue weighted by Crippen LogP contribution is 2.29. The third-order valence-corrected chi connectivity index (χ3v) is 4.84. The number of benzene rings is 2. The van der Waals surface area contributed by atoms with Gasteiger partial charge in [0.05, 0.1) is 17.1 Å². The van der Waals surface area contributed by atoms with Gasteiger partial charge in [0, 0.05) is 16.0 Å². The number of rotatable bonds is 6. The molecular weight excluding hydrogens is 381 g/mol. The molecule has 0 amide bonds. The summed E-state index contributed by atoms with van der Waals surface area (Å²) in [7, 11) is 0. The Morgan fingerprint density at radius 3 is 2.60 bits per heavy atom. The first-order valence-corrected chi connectivity index (χ1v) is 8.98. The second-order valence-corrected chi connectivity index (χ2v) is 6.98. The van der Waals surface area contributed by atoms with Crippen LogP contribution in [-0.4, -0.2) is 16.1 Å². The molecule has 0 saturated carbocycles. The normalized spacial score (nSPS) is 10.6. The number of hydrogen-bond donors (Lipinski definition) is 1. The fraction of sp³-hybridized carbons (Fsp3) is 0.111. The molecule has 0 saturated heterocycles. The van der Waals surface area contributed by atoms with Crippen LogP contribution in [0.15, 0.2) is 47.8 Å². The molecule has 25 heavy (non-hydrogen) atoms. The van der Waals surface area contributed by atoms with E-state index in [1.165, 1.54) is 11.3 Å². The molecule has 1 aromatic heterocycles. The minimum Gasteiger partial charge on any atom is -0.487 e. The van der Waals surface area contributed by atoms with Crippen LogP contribution in [-0.2, 0) is 17.8 Å². The number of nitrogens with zero attached hydrogens (tertiary/aromatic N) is 1. The van der Waals surface area contributed by atoms with E-state index in [0.717, 1.165) is 16.1 Å². The average molecular weight is 394 g/mol. The fourth-order valence-electron chi connectivity index (χ4n) is 2.17.